The van der Waals surface area contributed by atoms with Crippen LogP contribution in [0.25, 0.3) is 0 Å². The minimum absolute atomic E-state index is 0.0380. The molecule has 0 radical (unpaired) electrons. The standard InChI is InChI=1S/C10H12N6O3S/c1-20(18,19)16-7-4-2-3-6(5-7)12-9(17)8-13-10(11)15-14-8/h2-5,16H,1H3,(H,12,17)(H3,11,13,14,15). The molecule has 1 amide bonds. The smallest absolute Gasteiger partial charge is 0.293 e. The van der Waals surface area contributed by atoms with E-state index in [0.29, 0.717) is 11.4 Å². The van der Waals surface area contributed by atoms with Crippen LogP contribution in [0, 0.1) is 0 Å². The number of nitrogen functional groups attached to an aromatic ring is 1. The van der Waals surface area contributed by atoms with Crippen LogP contribution in [0.2, 0.25) is 0 Å². The van der Waals surface area contributed by atoms with E-state index in [1.807, 2.05) is 0 Å². The Morgan fingerprint density at radius 2 is 2.05 bits per heavy atom. The molecule has 0 bridgehead atoms. The fraction of sp³-hybridized carbons (Fsp3) is 0.100. The zero-order valence-electron chi connectivity index (χ0n) is 10.4. The second-order valence-corrected chi connectivity index (χ2v) is 5.70. The number of carbonyl (C=O) groups excluding carboxylic acids is 1. The van der Waals surface area contributed by atoms with Gasteiger partial charge >= 0.3 is 0 Å². The number of benzene rings is 1. The van der Waals surface area contributed by atoms with Gasteiger partial charge in [-0.25, -0.2) is 8.42 Å². The van der Waals surface area contributed by atoms with Crippen molar-refractivity contribution in [3.05, 3.63) is 30.1 Å². The van der Waals surface area contributed by atoms with E-state index < -0.39 is 15.9 Å². The summed E-state index contributed by atoms with van der Waals surface area (Å²) in [5, 5.41) is 8.44. The van der Waals surface area contributed by atoms with Crippen molar-refractivity contribution in [1.29, 1.82) is 0 Å². The molecule has 1 aromatic carbocycles. The van der Waals surface area contributed by atoms with E-state index in [2.05, 4.69) is 25.2 Å². The van der Waals surface area contributed by atoms with Crippen LogP contribution in [0.4, 0.5) is 17.3 Å². The molecule has 0 atom stereocenters. The second kappa shape index (κ2) is 5.17. The molecule has 0 spiro atoms. The molecule has 0 unspecified atom stereocenters. The third-order valence-electron chi connectivity index (χ3n) is 2.14. The molecular formula is C10H12N6O3S. The SMILES string of the molecule is CS(=O)(=O)Nc1cccc(NC(=O)c2nc(N)n[nH]2)c1. The Morgan fingerprint density at radius 1 is 1.35 bits per heavy atom. The van der Waals surface area contributed by atoms with Crippen LogP contribution in [-0.2, 0) is 10.0 Å². The Morgan fingerprint density at radius 3 is 2.65 bits per heavy atom. The molecule has 0 saturated heterocycles. The quantitative estimate of drug-likeness (QED) is 0.626. The molecule has 0 saturated carbocycles. The molecule has 5 N–H and O–H groups in total. The average molecular weight is 296 g/mol. The van der Waals surface area contributed by atoms with Crippen molar-refractivity contribution in [3.8, 4) is 0 Å². The number of rotatable bonds is 4. The minimum Gasteiger partial charge on any atom is -0.366 e. The highest BCUT2D eigenvalue weighted by Crippen LogP contribution is 2.16. The first kappa shape index (κ1) is 13.8. The van der Waals surface area contributed by atoms with Crippen LogP contribution in [-0.4, -0.2) is 35.8 Å². The topological polar surface area (TPSA) is 143 Å². The predicted molar refractivity (Wildman–Crippen MR) is 73.7 cm³/mol. The van der Waals surface area contributed by atoms with Crippen LogP contribution in [0.5, 0.6) is 0 Å². The van der Waals surface area contributed by atoms with E-state index in [0.717, 1.165) is 6.26 Å². The van der Waals surface area contributed by atoms with Crippen molar-refractivity contribution in [2.24, 2.45) is 0 Å². The van der Waals surface area contributed by atoms with Crippen molar-refractivity contribution in [1.82, 2.24) is 15.2 Å². The highest BCUT2D eigenvalue weighted by Gasteiger charge is 2.11. The molecule has 0 aliphatic carbocycles. The number of nitrogens with two attached hydrogens (primary N) is 1. The number of hydrogen-bond acceptors (Lipinski definition) is 6. The molecule has 1 heterocycles. The molecule has 0 aliphatic rings. The van der Waals surface area contributed by atoms with Crippen molar-refractivity contribution in [2.45, 2.75) is 0 Å². The number of nitrogens with one attached hydrogen (secondary N) is 3. The fourth-order valence-corrected chi connectivity index (χ4v) is 2.00. The van der Waals surface area contributed by atoms with Gasteiger partial charge in [0.2, 0.25) is 21.8 Å². The third kappa shape index (κ3) is 3.68. The Labute approximate surface area is 114 Å². The van der Waals surface area contributed by atoms with Crippen LogP contribution in [0.1, 0.15) is 10.6 Å². The maximum absolute atomic E-state index is 11.8. The number of anilines is 3. The van der Waals surface area contributed by atoms with Gasteiger partial charge in [0, 0.05) is 5.69 Å². The lowest BCUT2D eigenvalue weighted by Crippen LogP contribution is -2.14. The Bertz CT molecular complexity index is 739. The lowest BCUT2D eigenvalue weighted by Gasteiger charge is -2.07. The summed E-state index contributed by atoms with van der Waals surface area (Å²) in [5.74, 6) is -0.614. The number of amides is 1. The first-order valence-electron chi connectivity index (χ1n) is 5.40. The van der Waals surface area contributed by atoms with E-state index in [1.54, 1.807) is 18.2 Å². The van der Waals surface area contributed by atoms with Gasteiger partial charge in [-0.15, -0.1) is 5.10 Å². The van der Waals surface area contributed by atoms with Crippen molar-refractivity contribution in [3.63, 3.8) is 0 Å². The van der Waals surface area contributed by atoms with Gasteiger partial charge < -0.3 is 11.1 Å². The number of nitrogens with zero attached hydrogens (tertiary/aromatic N) is 2. The highest BCUT2D eigenvalue weighted by molar-refractivity contribution is 7.92. The summed E-state index contributed by atoms with van der Waals surface area (Å²) < 4.78 is 24.5. The summed E-state index contributed by atoms with van der Waals surface area (Å²) in [4.78, 5) is 15.5. The monoisotopic (exact) mass is 296 g/mol. The maximum Gasteiger partial charge on any atom is 0.293 e. The van der Waals surface area contributed by atoms with Gasteiger partial charge in [0.15, 0.2) is 0 Å². The van der Waals surface area contributed by atoms with E-state index in [-0.39, 0.29) is 11.8 Å². The Kier molecular flexibility index (Phi) is 3.57. The van der Waals surface area contributed by atoms with E-state index in [4.69, 9.17) is 5.73 Å². The van der Waals surface area contributed by atoms with Gasteiger partial charge in [-0.05, 0) is 18.2 Å². The Hall–Kier alpha value is -2.62. The van der Waals surface area contributed by atoms with Gasteiger partial charge in [0.1, 0.15) is 0 Å². The zero-order chi connectivity index (χ0) is 14.8. The van der Waals surface area contributed by atoms with Crippen molar-refractivity contribution >= 4 is 33.3 Å². The average Bonchev–Trinajstić information content (AvgIpc) is 2.74. The molecule has 10 heteroatoms. The van der Waals surface area contributed by atoms with E-state index in [9.17, 15) is 13.2 Å². The van der Waals surface area contributed by atoms with Gasteiger partial charge in [0.25, 0.3) is 5.91 Å². The third-order valence-corrected chi connectivity index (χ3v) is 2.75. The van der Waals surface area contributed by atoms with Crippen molar-refractivity contribution < 1.29 is 13.2 Å². The molecule has 20 heavy (non-hydrogen) atoms. The number of aromatic amines is 1. The molecule has 9 nitrogen and oxygen atoms in total. The molecule has 1 aromatic heterocycles. The lowest BCUT2D eigenvalue weighted by molar-refractivity contribution is 0.101. The van der Waals surface area contributed by atoms with E-state index in [1.165, 1.54) is 6.07 Å². The summed E-state index contributed by atoms with van der Waals surface area (Å²) in [7, 11) is -3.38. The normalized spacial score (nSPS) is 11.1. The van der Waals surface area contributed by atoms with Gasteiger partial charge in [-0.3, -0.25) is 14.6 Å². The van der Waals surface area contributed by atoms with Crippen LogP contribution in [0.3, 0.4) is 0 Å². The van der Waals surface area contributed by atoms with Crippen LogP contribution in [0.15, 0.2) is 24.3 Å². The van der Waals surface area contributed by atoms with E-state index >= 15 is 0 Å². The van der Waals surface area contributed by atoms with Crippen LogP contribution < -0.4 is 15.8 Å². The highest BCUT2D eigenvalue weighted by atomic mass is 32.2. The molecule has 2 aromatic rings. The number of aromatic nitrogens is 3. The first-order chi connectivity index (χ1) is 9.33. The van der Waals surface area contributed by atoms with Gasteiger partial charge in [0.05, 0.1) is 11.9 Å². The van der Waals surface area contributed by atoms with Crippen LogP contribution >= 0.6 is 0 Å². The zero-order valence-corrected chi connectivity index (χ0v) is 11.2. The summed E-state index contributed by atoms with van der Waals surface area (Å²) >= 11 is 0. The van der Waals surface area contributed by atoms with Gasteiger partial charge in [-0.1, -0.05) is 6.07 Å². The second-order valence-electron chi connectivity index (χ2n) is 3.95. The summed E-state index contributed by atoms with van der Waals surface area (Å²) in [5.41, 5.74) is 6.03. The lowest BCUT2D eigenvalue weighted by atomic mass is 10.3. The molecule has 0 aliphatic heterocycles. The molecule has 0 fully saturated rings. The first-order valence-corrected chi connectivity index (χ1v) is 7.30. The number of carbonyl (C=O) groups is 1. The fourth-order valence-electron chi connectivity index (χ4n) is 1.44. The Balaban J connectivity index is 2.14. The summed E-state index contributed by atoms with van der Waals surface area (Å²) in [6, 6.07) is 6.23. The minimum atomic E-state index is -3.38. The maximum atomic E-state index is 11.8. The number of hydrogen-bond donors (Lipinski definition) is 4. The molecule has 2 rings (SSSR count). The summed E-state index contributed by atoms with van der Waals surface area (Å²) in [6.07, 6.45) is 1.04. The molecule has 106 valence electrons. The predicted octanol–water partition coefficient (Wildman–Crippen LogP) is 0.0107. The molecular weight excluding hydrogens is 284 g/mol. The van der Waals surface area contributed by atoms with Gasteiger partial charge in [-0.2, -0.15) is 4.98 Å². The van der Waals surface area contributed by atoms with Crippen molar-refractivity contribution in [2.75, 3.05) is 22.0 Å². The number of sulfonamides is 1. The largest absolute Gasteiger partial charge is 0.366 e. The summed E-state index contributed by atoms with van der Waals surface area (Å²) in [6.45, 7) is 0. The number of H-pyrrole nitrogens is 1.